The van der Waals surface area contributed by atoms with E-state index < -0.39 is 0 Å². The third-order valence-electron chi connectivity index (χ3n) is 2.18. The summed E-state index contributed by atoms with van der Waals surface area (Å²) in [6.45, 7) is 0. The van der Waals surface area contributed by atoms with Crippen molar-refractivity contribution in [3.8, 4) is 16.9 Å². The summed E-state index contributed by atoms with van der Waals surface area (Å²) in [6.07, 6.45) is 0. The van der Waals surface area contributed by atoms with Crippen molar-refractivity contribution in [1.29, 1.82) is 0 Å². The van der Waals surface area contributed by atoms with Gasteiger partial charge in [0, 0.05) is 10.6 Å². The molecule has 0 aliphatic carbocycles. The second-order valence-electron chi connectivity index (χ2n) is 3.14. The first kappa shape index (κ1) is 10.1. The molecule has 1 nitrogen and oxygen atoms in total. The second kappa shape index (κ2) is 4.37. The van der Waals surface area contributed by atoms with Crippen LogP contribution in [0.4, 0.5) is 0 Å². The molecule has 0 spiro atoms. The van der Waals surface area contributed by atoms with Crippen molar-refractivity contribution in [3.05, 3.63) is 53.6 Å². The van der Waals surface area contributed by atoms with Crippen molar-refractivity contribution in [1.82, 2.24) is 0 Å². The molecule has 2 heteroatoms. The first-order valence-corrected chi connectivity index (χ1v) is 4.99. The molecule has 0 N–H and O–H groups in total. The largest absolute Gasteiger partial charge is 0.496 e. The number of benzene rings is 2. The van der Waals surface area contributed by atoms with Gasteiger partial charge in [-0.15, -0.1) is 0 Å². The minimum absolute atomic E-state index is 0.724. The van der Waals surface area contributed by atoms with Gasteiger partial charge < -0.3 is 4.74 Å². The van der Waals surface area contributed by atoms with Crippen LogP contribution in [0.5, 0.6) is 5.75 Å². The molecule has 2 rings (SSSR count). The van der Waals surface area contributed by atoms with E-state index in [1.807, 2.05) is 42.5 Å². The first-order chi connectivity index (χ1) is 7.31. The van der Waals surface area contributed by atoms with Gasteiger partial charge >= 0.3 is 0 Å². The normalized spacial score (nSPS) is 10.0. The fraction of sp³-hybridized carbons (Fsp3) is 0.0769. The highest BCUT2D eigenvalue weighted by molar-refractivity contribution is 6.30. The summed E-state index contributed by atoms with van der Waals surface area (Å²) < 4.78 is 5.27. The van der Waals surface area contributed by atoms with E-state index >= 15 is 0 Å². The van der Waals surface area contributed by atoms with Gasteiger partial charge in [0.05, 0.1) is 7.11 Å². The van der Waals surface area contributed by atoms with Crippen LogP contribution in [0.2, 0.25) is 5.02 Å². The lowest BCUT2D eigenvalue weighted by Crippen LogP contribution is -1.87. The van der Waals surface area contributed by atoms with Gasteiger partial charge in [-0.3, -0.25) is 0 Å². The Morgan fingerprint density at radius 3 is 2.87 bits per heavy atom. The van der Waals surface area contributed by atoms with Crippen LogP contribution in [-0.4, -0.2) is 7.11 Å². The maximum atomic E-state index is 5.94. The Morgan fingerprint density at radius 2 is 2.13 bits per heavy atom. The molecule has 0 saturated heterocycles. The van der Waals surface area contributed by atoms with E-state index in [1.54, 1.807) is 7.11 Å². The average molecular weight is 218 g/mol. The van der Waals surface area contributed by atoms with Gasteiger partial charge in [0.2, 0.25) is 0 Å². The summed E-state index contributed by atoms with van der Waals surface area (Å²) in [5, 5.41) is 0.724. The van der Waals surface area contributed by atoms with Crippen molar-refractivity contribution in [2.24, 2.45) is 0 Å². The molecule has 0 unspecified atom stereocenters. The van der Waals surface area contributed by atoms with Gasteiger partial charge in [0.15, 0.2) is 0 Å². The average Bonchev–Trinajstić information content (AvgIpc) is 2.29. The zero-order valence-corrected chi connectivity index (χ0v) is 9.08. The molecule has 0 fully saturated rings. The number of hydrogen-bond acceptors (Lipinski definition) is 1. The van der Waals surface area contributed by atoms with Gasteiger partial charge in [0.1, 0.15) is 5.75 Å². The fourth-order valence-corrected chi connectivity index (χ4v) is 1.67. The quantitative estimate of drug-likeness (QED) is 0.743. The van der Waals surface area contributed by atoms with Gasteiger partial charge in [-0.1, -0.05) is 35.9 Å². The predicted octanol–water partition coefficient (Wildman–Crippen LogP) is 3.82. The van der Waals surface area contributed by atoms with Crippen molar-refractivity contribution in [3.63, 3.8) is 0 Å². The number of methoxy groups -OCH3 is 1. The lowest BCUT2D eigenvalue weighted by atomic mass is 10.1. The molecule has 2 aromatic carbocycles. The third-order valence-corrected chi connectivity index (χ3v) is 2.42. The van der Waals surface area contributed by atoms with E-state index in [9.17, 15) is 0 Å². The highest BCUT2D eigenvalue weighted by Crippen LogP contribution is 2.30. The predicted molar refractivity (Wildman–Crippen MR) is 62.3 cm³/mol. The maximum absolute atomic E-state index is 5.94. The molecule has 15 heavy (non-hydrogen) atoms. The van der Waals surface area contributed by atoms with E-state index in [4.69, 9.17) is 16.3 Å². The molecular formula is C13H10ClO. The van der Waals surface area contributed by atoms with Crippen LogP contribution >= 0.6 is 11.6 Å². The zero-order chi connectivity index (χ0) is 10.7. The zero-order valence-electron chi connectivity index (χ0n) is 8.33. The van der Waals surface area contributed by atoms with Crippen molar-refractivity contribution in [2.75, 3.05) is 7.11 Å². The van der Waals surface area contributed by atoms with Crippen LogP contribution in [0.15, 0.2) is 42.5 Å². The Balaban J connectivity index is 2.53. The third kappa shape index (κ3) is 2.13. The van der Waals surface area contributed by atoms with Crippen LogP contribution in [0.1, 0.15) is 0 Å². The summed E-state index contributed by atoms with van der Waals surface area (Å²) in [4.78, 5) is 0. The van der Waals surface area contributed by atoms with E-state index in [1.165, 1.54) is 0 Å². The number of halogens is 1. The molecule has 2 aromatic rings. The van der Waals surface area contributed by atoms with Crippen molar-refractivity contribution in [2.45, 2.75) is 0 Å². The monoisotopic (exact) mass is 217 g/mol. The number of hydrogen-bond donors (Lipinski definition) is 0. The van der Waals surface area contributed by atoms with Crippen molar-refractivity contribution >= 4 is 11.6 Å². The van der Waals surface area contributed by atoms with Crippen molar-refractivity contribution < 1.29 is 4.74 Å². The smallest absolute Gasteiger partial charge is 0.127 e. The summed E-state index contributed by atoms with van der Waals surface area (Å²) in [5.74, 6) is 0.805. The van der Waals surface area contributed by atoms with E-state index in [0.717, 1.165) is 21.9 Å². The van der Waals surface area contributed by atoms with Crippen LogP contribution in [0.25, 0.3) is 11.1 Å². The lowest BCUT2D eigenvalue weighted by molar-refractivity contribution is 0.416. The van der Waals surface area contributed by atoms with E-state index in [0.29, 0.717) is 0 Å². The van der Waals surface area contributed by atoms with E-state index in [2.05, 4.69) is 6.07 Å². The first-order valence-electron chi connectivity index (χ1n) is 4.61. The highest BCUT2D eigenvalue weighted by Gasteiger charge is 2.04. The molecule has 0 aliphatic heterocycles. The molecule has 0 amide bonds. The molecule has 1 radical (unpaired) electrons. The number of rotatable bonds is 2. The van der Waals surface area contributed by atoms with Crippen LogP contribution in [-0.2, 0) is 0 Å². The van der Waals surface area contributed by atoms with Gasteiger partial charge in [-0.2, -0.15) is 0 Å². The molecule has 0 heterocycles. The molecule has 0 saturated carbocycles. The highest BCUT2D eigenvalue weighted by atomic mass is 35.5. The molecule has 75 valence electrons. The van der Waals surface area contributed by atoms with Crippen LogP contribution < -0.4 is 4.74 Å². The lowest BCUT2D eigenvalue weighted by Gasteiger charge is -2.07. The Hall–Kier alpha value is -1.47. The molecule has 0 bridgehead atoms. The second-order valence-corrected chi connectivity index (χ2v) is 3.57. The van der Waals surface area contributed by atoms with Crippen LogP contribution in [0, 0.1) is 6.07 Å². The topological polar surface area (TPSA) is 9.23 Å². The Morgan fingerprint density at radius 1 is 1.27 bits per heavy atom. The molecular weight excluding hydrogens is 208 g/mol. The summed E-state index contributed by atoms with van der Waals surface area (Å²) in [7, 11) is 1.65. The Kier molecular flexibility index (Phi) is 2.93. The van der Waals surface area contributed by atoms with Crippen LogP contribution in [0.3, 0.4) is 0 Å². The Labute approximate surface area is 94.3 Å². The fourth-order valence-electron chi connectivity index (χ4n) is 1.48. The molecule has 0 aromatic heterocycles. The van der Waals surface area contributed by atoms with Gasteiger partial charge in [-0.05, 0) is 29.8 Å². The standard InChI is InChI=1S/C13H10ClO/c1-15-13-8-3-2-7-12(13)10-5-4-6-11(14)9-10/h2,4-9H,1H3. The summed E-state index contributed by atoms with van der Waals surface area (Å²) in [5.41, 5.74) is 2.08. The number of ether oxygens (including phenoxy) is 1. The van der Waals surface area contributed by atoms with E-state index in [-0.39, 0.29) is 0 Å². The maximum Gasteiger partial charge on any atom is 0.127 e. The minimum Gasteiger partial charge on any atom is -0.496 e. The summed E-state index contributed by atoms with van der Waals surface area (Å²) in [6, 6.07) is 16.3. The summed E-state index contributed by atoms with van der Waals surface area (Å²) >= 11 is 5.94. The SMILES string of the molecule is COc1c[c]ccc1-c1cccc(Cl)c1. The van der Waals surface area contributed by atoms with Gasteiger partial charge in [-0.25, -0.2) is 0 Å². The van der Waals surface area contributed by atoms with Gasteiger partial charge in [0.25, 0.3) is 0 Å². The molecule has 0 aliphatic rings. The minimum atomic E-state index is 0.724. The molecule has 0 atom stereocenters. The Bertz CT molecular complexity index is 466.